The molecule has 0 bridgehead atoms. The van der Waals surface area contributed by atoms with Crippen LogP contribution in [0.25, 0.3) is 0 Å². The maximum Gasteiger partial charge on any atom is 0.418 e. The summed E-state index contributed by atoms with van der Waals surface area (Å²) in [6.07, 6.45) is -7.59. The van der Waals surface area contributed by atoms with Crippen molar-refractivity contribution in [2.45, 2.75) is 24.8 Å². The quantitative estimate of drug-likeness (QED) is 0.674. The standard InChI is InChI=1S/C6H9F3O4S/c1-14(10,11)13-5(6(7,8)9)4-2-3-12-4/h4-5H,2-3H2,1H3. The fourth-order valence-electron chi connectivity index (χ4n) is 1.01. The first-order valence-corrected chi connectivity index (χ1v) is 5.58. The highest BCUT2D eigenvalue weighted by Gasteiger charge is 2.50. The lowest BCUT2D eigenvalue weighted by molar-refractivity contribution is -0.247. The van der Waals surface area contributed by atoms with Gasteiger partial charge in [0.2, 0.25) is 0 Å². The smallest absolute Gasteiger partial charge is 0.375 e. The van der Waals surface area contributed by atoms with Crippen LogP contribution in [0.4, 0.5) is 13.2 Å². The molecule has 1 rings (SSSR count). The van der Waals surface area contributed by atoms with E-state index in [0.29, 0.717) is 6.26 Å². The third-order valence-corrected chi connectivity index (χ3v) is 2.23. The summed E-state index contributed by atoms with van der Waals surface area (Å²) in [6.45, 7) is 0.199. The van der Waals surface area contributed by atoms with Crippen molar-refractivity contribution in [1.82, 2.24) is 0 Å². The van der Waals surface area contributed by atoms with Gasteiger partial charge in [0.25, 0.3) is 10.1 Å². The van der Waals surface area contributed by atoms with Crippen LogP contribution in [0.1, 0.15) is 6.42 Å². The lowest BCUT2D eigenvalue weighted by Crippen LogP contribution is -2.49. The second-order valence-electron chi connectivity index (χ2n) is 2.96. The lowest BCUT2D eigenvalue weighted by atomic mass is 10.1. The molecule has 0 amide bonds. The Balaban J connectivity index is 2.72. The molecule has 4 nitrogen and oxygen atoms in total. The summed E-state index contributed by atoms with van der Waals surface area (Å²) in [7, 11) is -4.13. The van der Waals surface area contributed by atoms with Crippen LogP contribution in [0.15, 0.2) is 0 Å². The van der Waals surface area contributed by atoms with Crippen LogP contribution in [-0.4, -0.2) is 39.7 Å². The van der Waals surface area contributed by atoms with Gasteiger partial charge in [0, 0.05) is 6.61 Å². The van der Waals surface area contributed by atoms with Crippen molar-refractivity contribution >= 4 is 10.1 Å². The molecule has 2 atom stereocenters. The maximum atomic E-state index is 12.3. The van der Waals surface area contributed by atoms with E-state index < -0.39 is 28.5 Å². The zero-order valence-corrected chi connectivity index (χ0v) is 8.06. The number of alkyl halides is 3. The Bertz CT molecular complexity index is 293. The van der Waals surface area contributed by atoms with Gasteiger partial charge in [0.1, 0.15) is 0 Å². The average Bonchev–Trinajstić information content (AvgIpc) is 1.76. The number of hydrogen-bond acceptors (Lipinski definition) is 4. The van der Waals surface area contributed by atoms with E-state index >= 15 is 0 Å². The van der Waals surface area contributed by atoms with Gasteiger partial charge in [-0.2, -0.15) is 21.6 Å². The highest BCUT2D eigenvalue weighted by molar-refractivity contribution is 7.86. The molecule has 0 aliphatic carbocycles. The Morgan fingerprint density at radius 2 is 2.00 bits per heavy atom. The van der Waals surface area contributed by atoms with Crippen LogP contribution in [0, 0.1) is 0 Å². The maximum absolute atomic E-state index is 12.3. The normalized spacial score (nSPS) is 25.6. The molecule has 2 unspecified atom stereocenters. The van der Waals surface area contributed by atoms with Gasteiger partial charge in [-0.15, -0.1) is 0 Å². The zero-order valence-electron chi connectivity index (χ0n) is 7.24. The van der Waals surface area contributed by atoms with E-state index in [1.54, 1.807) is 0 Å². The summed E-state index contributed by atoms with van der Waals surface area (Å²) in [5.74, 6) is 0. The number of rotatable bonds is 3. The van der Waals surface area contributed by atoms with E-state index in [1.807, 2.05) is 0 Å². The highest BCUT2D eigenvalue weighted by Crippen LogP contribution is 2.32. The van der Waals surface area contributed by atoms with Gasteiger partial charge >= 0.3 is 6.18 Å². The van der Waals surface area contributed by atoms with Crippen molar-refractivity contribution in [3.8, 4) is 0 Å². The van der Waals surface area contributed by atoms with Crippen molar-refractivity contribution in [1.29, 1.82) is 0 Å². The number of ether oxygens (including phenoxy) is 1. The molecule has 1 aliphatic heterocycles. The predicted octanol–water partition coefficient (Wildman–Crippen LogP) is 0.682. The minimum atomic E-state index is -4.73. The molecule has 0 aromatic heterocycles. The molecule has 84 valence electrons. The molecule has 1 aliphatic rings. The molecular formula is C6H9F3O4S. The fraction of sp³-hybridized carbons (Fsp3) is 1.00. The van der Waals surface area contributed by atoms with Crippen LogP contribution >= 0.6 is 0 Å². The molecule has 0 aromatic carbocycles. The Morgan fingerprint density at radius 1 is 1.50 bits per heavy atom. The Hall–Kier alpha value is -0.340. The second-order valence-corrected chi connectivity index (χ2v) is 4.56. The van der Waals surface area contributed by atoms with Gasteiger partial charge in [0.05, 0.1) is 12.4 Å². The molecule has 1 saturated heterocycles. The molecule has 0 spiro atoms. The van der Waals surface area contributed by atoms with Gasteiger partial charge in [-0.1, -0.05) is 0 Å². The monoisotopic (exact) mass is 234 g/mol. The van der Waals surface area contributed by atoms with Crippen LogP contribution in [0.5, 0.6) is 0 Å². The lowest BCUT2D eigenvalue weighted by Gasteiger charge is -2.33. The second kappa shape index (κ2) is 3.67. The Labute approximate surface area is 79.1 Å². The van der Waals surface area contributed by atoms with Crippen molar-refractivity contribution in [2.24, 2.45) is 0 Å². The molecule has 0 radical (unpaired) electrons. The van der Waals surface area contributed by atoms with Crippen LogP contribution in [0.3, 0.4) is 0 Å². The Morgan fingerprint density at radius 3 is 2.21 bits per heavy atom. The molecule has 0 saturated carbocycles. The first-order valence-electron chi connectivity index (χ1n) is 3.77. The van der Waals surface area contributed by atoms with Gasteiger partial charge in [-0.25, -0.2) is 0 Å². The molecular weight excluding hydrogens is 225 g/mol. The van der Waals surface area contributed by atoms with E-state index in [0.717, 1.165) is 0 Å². The molecule has 0 N–H and O–H groups in total. The SMILES string of the molecule is CS(=O)(=O)OC(C1CCO1)C(F)(F)F. The summed E-state index contributed by atoms with van der Waals surface area (Å²) in [6, 6.07) is 0. The highest BCUT2D eigenvalue weighted by atomic mass is 32.2. The van der Waals surface area contributed by atoms with Crippen molar-refractivity contribution in [2.75, 3.05) is 12.9 Å². The van der Waals surface area contributed by atoms with Gasteiger partial charge < -0.3 is 4.74 Å². The third kappa shape index (κ3) is 3.10. The average molecular weight is 234 g/mol. The zero-order chi connectivity index (χ0) is 11.0. The van der Waals surface area contributed by atoms with E-state index in [9.17, 15) is 21.6 Å². The molecule has 0 aromatic rings. The Kier molecular flexibility index (Phi) is 3.07. The fourth-order valence-corrected chi connectivity index (χ4v) is 1.62. The third-order valence-electron chi connectivity index (χ3n) is 1.67. The first-order chi connectivity index (χ1) is 6.20. The topological polar surface area (TPSA) is 52.6 Å². The van der Waals surface area contributed by atoms with E-state index in [-0.39, 0.29) is 13.0 Å². The van der Waals surface area contributed by atoms with E-state index in [1.165, 1.54) is 0 Å². The van der Waals surface area contributed by atoms with E-state index in [4.69, 9.17) is 0 Å². The first kappa shape index (κ1) is 11.7. The van der Waals surface area contributed by atoms with Crippen LogP contribution in [0.2, 0.25) is 0 Å². The molecule has 1 heterocycles. The minimum absolute atomic E-state index is 0.152. The summed E-state index contributed by atoms with van der Waals surface area (Å²) < 4.78 is 66.4. The summed E-state index contributed by atoms with van der Waals surface area (Å²) in [4.78, 5) is 0. The van der Waals surface area contributed by atoms with Crippen molar-refractivity contribution in [3.05, 3.63) is 0 Å². The summed E-state index contributed by atoms with van der Waals surface area (Å²) >= 11 is 0. The number of hydrogen-bond donors (Lipinski definition) is 0. The van der Waals surface area contributed by atoms with Crippen LogP contribution < -0.4 is 0 Å². The van der Waals surface area contributed by atoms with Crippen molar-refractivity contribution < 1.29 is 30.5 Å². The molecule has 14 heavy (non-hydrogen) atoms. The molecule has 8 heteroatoms. The molecule has 1 fully saturated rings. The predicted molar refractivity (Wildman–Crippen MR) is 40.1 cm³/mol. The van der Waals surface area contributed by atoms with Gasteiger partial charge in [-0.3, -0.25) is 4.18 Å². The van der Waals surface area contributed by atoms with Gasteiger partial charge in [0.15, 0.2) is 6.10 Å². The van der Waals surface area contributed by atoms with E-state index in [2.05, 4.69) is 8.92 Å². The largest absolute Gasteiger partial charge is 0.418 e. The summed E-state index contributed by atoms with van der Waals surface area (Å²) in [5, 5.41) is 0. The number of halogens is 3. The van der Waals surface area contributed by atoms with Gasteiger partial charge in [-0.05, 0) is 6.42 Å². The van der Waals surface area contributed by atoms with Crippen LogP contribution in [-0.2, 0) is 19.0 Å². The minimum Gasteiger partial charge on any atom is -0.375 e. The van der Waals surface area contributed by atoms with Crippen molar-refractivity contribution in [3.63, 3.8) is 0 Å². The summed E-state index contributed by atoms with van der Waals surface area (Å²) in [5.41, 5.74) is 0.